The fourth-order valence-corrected chi connectivity index (χ4v) is 1.80. The maximum absolute atomic E-state index is 12.7. The number of nitrogens with one attached hydrogen (secondary N) is 1. The van der Waals surface area contributed by atoms with Gasteiger partial charge in [0.2, 0.25) is 5.54 Å². The molecular weight excluding hydrogens is 253 g/mol. The van der Waals surface area contributed by atoms with Crippen molar-refractivity contribution in [1.29, 1.82) is 0 Å². The smallest absolute Gasteiger partial charge is 0.418 e. The third-order valence-electron chi connectivity index (χ3n) is 2.73. The van der Waals surface area contributed by atoms with E-state index in [1.807, 2.05) is 5.32 Å². The van der Waals surface area contributed by atoms with Gasteiger partial charge >= 0.3 is 12.1 Å². The van der Waals surface area contributed by atoms with Crippen molar-refractivity contribution in [3.63, 3.8) is 0 Å². The van der Waals surface area contributed by atoms with Gasteiger partial charge in [-0.15, -0.1) is 0 Å². The molecule has 4 N–H and O–H groups in total. The number of fused-ring (bicyclic) bond motifs is 1. The summed E-state index contributed by atoms with van der Waals surface area (Å²) >= 11 is 0. The summed E-state index contributed by atoms with van der Waals surface area (Å²) in [6.45, 7) is 0. The van der Waals surface area contributed by atoms with Crippen LogP contribution in [0.1, 0.15) is 11.1 Å². The number of hydrogen-bond acceptors (Lipinski definition) is 3. The SMILES string of the molecule is N[C@]1(C(=O)O)C(=O)Nc2c(C(F)(F)F)cccc21. The van der Waals surface area contributed by atoms with E-state index in [1.165, 1.54) is 0 Å². The third kappa shape index (κ3) is 1.46. The highest BCUT2D eigenvalue weighted by molar-refractivity contribution is 6.18. The predicted octanol–water partition coefficient (Wildman–Crippen LogP) is 0.896. The zero-order chi connectivity index (χ0) is 13.7. The number of carboxylic acid groups (broad SMARTS) is 1. The number of carbonyl (C=O) groups excluding carboxylic acids is 1. The molecule has 18 heavy (non-hydrogen) atoms. The van der Waals surface area contributed by atoms with Crippen LogP contribution in [-0.2, 0) is 21.3 Å². The lowest BCUT2D eigenvalue weighted by Crippen LogP contribution is -2.50. The van der Waals surface area contributed by atoms with Crippen molar-refractivity contribution in [2.75, 3.05) is 5.32 Å². The van der Waals surface area contributed by atoms with E-state index in [0.29, 0.717) is 0 Å². The monoisotopic (exact) mass is 260 g/mol. The molecule has 2 rings (SSSR count). The number of alkyl halides is 3. The minimum atomic E-state index is -4.71. The number of rotatable bonds is 1. The Bertz CT molecular complexity index is 556. The first kappa shape index (κ1) is 12.4. The fourth-order valence-electron chi connectivity index (χ4n) is 1.80. The standard InChI is InChI=1S/C10H7F3N2O3/c11-10(12,13)5-3-1-2-4-6(5)15-7(16)9(4,14)8(17)18/h1-3H,14H2,(H,15,16)(H,17,18)/t9-/m0/s1. The van der Waals surface area contributed by atoms with Crippen molar-refractivity contribution >= 4 is 17.6 Å². The molecule has 0 saturated carbocycles. The maximum atomic E-state index is 12.7. The summed E-state index contributed by atoms with van der Waals surface area (Å²) in [5.74, 6) is -2.90. The van der Waals surface area contributed by atoms with Gasteiger partial charge in [0, 0.05) is 5.56 Å². The van der Waals surface area contributed by atoms with Crippen LogP contribution in [-0.4, -0.2) is 17.0 Å². The fraction of sp³-hybridized carbons (Fsp3) is 0.200. The van der Waals surface area contributed by atoms with Gasteiger partial charge in [0.25, 0.3) is 5.91 Å². The molecule has 0 aliphatic carbocycles. The summed E-state index contributed by atoms with van der Waals surface area (Å²) in [6, 6.07) is 2.83. The minimum Gasteiger partial charge on any atom is -0.479 e. The van der Waals surface area contributed by atoms with E-state index in [1.54, 1.807) is 0 Å². The normalized spacial score (nSPS) is 22.6. The number of para-hydroxylation sites is 1. The van der Waals surface area contributed by atoms with E-state index in [4.69, 9.17) is 10.8 Å². The molecule has 0 spiro atoms. The van der Waals surface area contributed by atoms with Gasteiger partial charge < -0.3 is 16.2 Å². The van der Waals surface area contributed by atoms with E-state index in [2.05, 4.69) is 0 Å². The molecule has 1 heterocycles. The number of hydrogen-bond donors (Lipinski definition) is 3. The van der Waals surface area contributed by atoms with Gasteiger partial charge in [0.05, 0.1) is 11.3 Å². The molecule has 1 aliphatic heterocycles. The molecule has 1 amide bonds. The van der Waals surface area contributed by atoms with E-state index in [0.717, 1.165) is 18.2 Å². The highest BCUT2D eigenvalue weighted by atomic mass is 19.4. The Morgan fingerprint density at radius 1 is 1.39 bits per heavy atom. The van der Waals surface area contributed by atoms with Gasteiger partial charge in [-0.1, -0.05) is 12.1 Å². The lowest BCUT2D eigenvalue weighted by molar-refractivity contribution is -0.147. The van der Waals surface area contributed by atoms with Gasteiger partial charge in [0.1, 0.15) is 0 Å². The largest absolute Gasteiger partial charge is 0.479 e. The van der Waals surface area contributed by atoms with E-state index in [-0.39, 0.29) is 0 Å². The van der Waals surface area contributed by atoms with E-state index >= 15 is 0 Å². The first-order chi connectivity index (χ1) is 8.19. The number of benzene rings is 1. The van der Waals surface area contributed by atoms with Crippen LogP contribution in [0.15, 0.2) is 18.2 Å². The Labute approximate surface area is 98.4 Å². The van der Waals surface area contributed by atoms with Crippen molar-refractivity contribution in [2.24, 2.45) is 5.73 Å². The van der Waals surface area contributed by atoms with E-state index in [9.17, 15) is 22.8 Å². The molecule has 0 radical (unpaired) electrons. The Kier molecular flexibility index (Phi) is 2.37. The third-order valence-corrected chi connectivity index (χ3v) is 2.73. The zero-order valence-electron chi connectivity index (χ0n) is 8.71. The number of carboxylic acids is 1. The first-order valence-corrected chi connectivity index (χ1v) is 4.73. The van der Waals surface area contributed by atoms with Crippen LogP contribution in [0, 0.1) is 0 Å². The minimum absolute atomic E-state index is 0.394. The van der Waals surface area contributed by atoms with Gasteiger partial charge in [-0.3, -0.25) is 4.79 Å². The summed E-state index contributed by atoms with van der Waals surface area (Å²) in [7, 11) is 0. The number of carbonyl (C=O) groups is 2. The number of nitrogens with two attached hydrogens (primary N) is 1. The Morgan fingerprint density at radius 2 is 2.00 bits per heavy atom. The molecule has 96 valence electrons. The second-order valence-electron chi connectivity index (χ2n) is 3.79. The predicted molar refractivity (Wildman–Crippen MR) is 53.6 cm³/mol. The molecular formula is C10H7F3N2O3. The lowest BCUT2D eigenvalue weighted by atomic mass is 9.91. The molecule has 0 unspecified atom stereocenters. The highest BCUT2D eigenvalue weighted by Crippen LogP contribution is 2.43. The van der Waals surface area contributed by atoms with Gasteiger partial charge in [0.15, 0.2) is 0 Å². The summed E-state index contributed by atoms with van der Waals surface area (Å²) in [4.78, 5) is 22.5. The quantitative estimate of drug-likeness (QED) is 0.654. The van der Waals surface area contributed by atoms with Crippen LogP contribution in [0.25, 0.3) is 0 Å². The Hall–Kier alpha value is -2.09. The lowest BCUT2D eigenvalue weighted by Gasteiger charge is -2.16. The average Bonchev–Trinajstić information content (AvgIpc) is 2.51. The topological polar surface area (TPSA) is 92.4 Å². The molecule has 1 aliphatic rings. The maximum Gasteiger partial charge on any atom is 0.418 e. The summed E-state index contributed by atoms with van der Waals surface area (Å²) in [6.07, 6.45) is -4.71. The second-order valence-corrected chi connectivity index (χ2v) is 3.79. The molecule has 5 nitrogen and oxygen atoms in total. The average molecular weight is 260 g/mol. The van der Waals surface area contributed by atoms with Crippen molar-refractivity contribution in [1.82, 2.24) is 0 Å². The van der Waals surface area contributed by atoms with Gasteiger partial charge in [-0.2, -0.15) is 13.2 Å². The second kappa shape index (κ2) is 3.45. The molecule has 0 bridgehead atoms. The summed E-state index contributed by atoms with van der Waals surface area (Å²) in [5.41, 5.74) is 0.787. The van der Waals surface area contributed by atoms with Crippen molar-refractivity contribution in [2.45, 2.75) is 11.7 Å². The molecule has 1 atom stereocenters. The molecule has 8 heteroatoms. The molecule has 1 aromatic rings. The Morgan fingerprint density at radius 3 is 2.50 bits per heavy atom. The molecule has 0 saturated heterocycles. The number of amides is 1. The molecule has 1 aromatic carbocycles. The number of anilines is 1. The van der Waals surface area contributed by atoms with Crippen LogP contribution in [0.4, 0.5) is 18.9 Å². The Balaban J connectivity index is 2.71. The van der Waals surface area contributed by atoms with Crippen LogP contribution in [0.3, 0.4) is 0 Å². The van der Waals surface area contributed by atoms with Crippen molar-refractivity contribution in [3.8, 4) is 0 Å². The van der Waals surface area contributed by atoms with Crippen LogP contribution in [0.5, 0.6) is 0 Å². The highest BCUT2D eigenvalue weighted by Gasteiger charge is 2.53. The van der Waals surface area contributed by atoms with Crippen LogP contribution >= 0.6 is 0 Å². The van der Waals surface area contributed by atoms with Gasteiger partial charge in [-0.25, -0.2) is 4.79 Å². The van der Waals surface area contributed by atoms with E-state index < -0.39 is 40.4 Å². The van der Waals surface area contributed by atoms with Crippen molar-refractivity contribution < 1.29 is 27.9 Å². The number of halogens is 3. The van der Waals surface area contributed by atoms with Crippen LogP contribution in [0.2, 0.25) is 0 Å². The van der Waals surface area contributed by atoms with Crippen molar-refractivity contribution in [3.05, 3.63) is 29.3 Å². The summed E-state index contributed by atoms with van der Waals surface area (Å²) < 4.78 is 38.1. The van der Waals surface area contributed by atoms with Gasteiger partial charge in [-0.05, 0) is 6.07 Å². The first-order valence-electron chi connectivity index (χ1n) is 4.73. The van der Waals surface area contributed by atoms with Crippen LogP contribution < -0.4 is 11.1 Å². The molecule has 0 fully saturated rings. The molecule has 0 aromatic heterocycles. The number of aliphatic carboxylic acids is 1. The summed E-state index contributed by atoms with van der Waals surface area (Å²) in [5, 5.41) is 10.8. The zero-order valence-corrected chi connectivity index (χ0v) is 8.71.